The Balaban J connectivity index is 2.20. The lowest BCUT2D eigenvalue weighted by Gasteiger charge is -2.08. The molecular weight excluding hydrogens is 160 g/mol. The van der Waals surface area contributed by atoms with Crippen LogP contribution in [0, 0.1) is 0 Å². The largest absolute Gasteiger partial charge is 0.307 e. The van der Waals surface area contributed by atoms with E-state index in [4.69, 9.17) is 0 Å². The van der Waals surface area contributed by atoms with Gasteiger partial charge < -0.3 is 4.40 Å². The minimum Gasteiger partial charge on any atom is -0.307 e. The van der Waals surface area contributed by atoms with Crippen LogP contribution >= 0.6 is 0 Å². The summed E-state index contributed by atoms with van der Waals surface area (Å²) < 4.78 is 2.05. The van der Waals surface area contributed by atoms with Crippen LogP contribution < -0.4 is 0 Å². The zero-order valence-corrected chi connectivity index (χ0v) is 7.70. The van der Waals surface area contributed by atoms with Crippen molar-refractivity contribution in [3.8, 4) is 0 Å². The highest BCUT2D eigenvalue weighted by Crippen LogP contribution is 2.47. The maximum atomic E-state index is 4.28. The SMILES string of the molecule is CC1(c2ccn3ccnc3c2)CC1. The van der Waals surface area contributed by atoms with Crippen LogP contribution in [0.5, 0.6) is 0 Å². The second kappa shape index (κ2) is 2.13. The van der Waals surface area contributed by atoms with Crippen LogP contribution in [0.15, 0.2) is 30.7 Å². The molecule has 2 aromatic rings. The van der Waals surface area contributed by atoms with E-state index in [1.807, 2.05) is 12.4 Å². The molecule has 66 valence electrons. The third-order valence-corrected chi connectivity index (χ3v) is 3.09. The Kier molecular flexibility index (Phi) is 1.17. The van der Waals surface area contributed by atoms with Gasteiger partial charge in [-0.15, -0.1) is 0 Å². The van der Waals surface area contributed by atoms with Gasteiger partial charge in [0.25, 0.3) is 0 Å². The standard InChI is InChI=1S/C11H12N2/c1-11(3-4-11)9-2-6-13-7-5-12-10(13)8-9/h2,5-8H,3-4H2,1H3. The topological polar surface area (TPSA) is 17.3 Å². The predicted molar refractivity (Wildman–Crippen MR) is 51.8 cm³/mol. The van der Waals surface area contributed by atoms with E-state index in [1.165, 1.54) is 18.4 Å². The number of hydrogen-bond donors (Lipinski definition) is 0. The summed E-state index contributed by atoms with van der Waals surface area (Å²) in [5, 5.41) is 0. The van der Waals surface area contributed by atoms with Gasteiger partial charge in [0.2, 0.25) is 0 Å². The number of rotatable bonds is 1. The smallest absolute Gasteiger partial charge is 0.136 e. The van der Waals surface area contributed by atoms with Crippen LogP contribution in [0.4, 0.5) is 0 Å². The van der Waals surface area contributed by atoms with Crippen molar-refractivity contribution in [3.63, 3.8) is 0 Å². The fraction of sp³-hybridized carbons (Fsp3) is 0.364. The molecule has 2 nitrogen and oxygen atoms in total. The summed E-state index contributed by atoms with van der Waals surface area (Å²) in [6.07, 6.45) is 8.57. The second-order valence-corrected chi connectivity index (χ2v) is 4.17. The highest BCUT2D eigenvalue weighted by Gasteiger charge is 2.38. The molecule has 0 saturated heterocycles. The molecule has 1 saturated carbocycles. The lowest BCUT2D eigenvalue weighted by molar-refractivity contribution is 0.785. The summed E-state index contributed by atoms with van der Waals surface area (Å²) in [6.45, 7) is 2.32. The normalized spacial score (nSPS) is 19.2. The third-order valence-electron chi connectivity index (χ3n) is 3.09. The zero-order valence-electron chi connectivity index (χ0n) is 7.70. The van der Waals surface area contributed by atoms with Crippen LogP contribution in [0.1, 0.15) is 25.3 Å². The summed E-state index contributed by atoms with van der Waals surface area (Å²) in [4.78, 5) is 4.28. The molecule has 0 spiro atoms. The molecule has 0 bridgehead atoms. The first kappa shape index (κ1) is 7.13. The first-order chi connectivity index (χ1) is 6.28. The Labute approximate surface area is 77.2 Å². The molecule has 0 amide bonds. The van der Waals surface area contributed by atoms with E-state index in [-0.39, 0.29) is 0 Å². The number of aromatic nitrogens is 2. The van der Waals surface area contributed by atoms with Gasteiger partial charge in [0.05, 0.1) is 0 Å². The van der Waals surface area contributed by atoms with Crippen LogP contribution in [-0.2, 0) is 5.41 Å². The van der Waals surface area contributed by atoms with Gasteiger partial charge in [-0.2, -0.15) is 0 Å². The number of hydrogen-bond acceptors (Lipinski definition) is 1. The molecule has 0 radical (unpaired) electrons. The van der Waals surface area contributed by atoms with Gasteiger partial charge in [0, 0.05) is 18.6 Å². The monoisotopic (exact) mass is 172 g/mol. The van der Waals surface area contributed by atoms with E-state index in [0.717, 1.165) is 5.65 Å². The van der Waals surface area contributed by atoms with E-state index < -0.39 is 0 Å². The molecule has 0 unspecified atom stereocenters. The Morgan fingerprint density at radius 2 is 2.23 bits per heavy atom. The van der Waals surface area contributed by atoms with Crippen molar-refractivity contribution in [1.29, 1.82) is 0 Å². The molecule has 13 heavy (non-hydrogen) atoms. The van der Waals surface area contributed by atoms with Gasteiger partial charge in [-0.25, -0.2) is 4.98 Å². The maximum Gasteiger partial charge on any atom is 0.136 e. The van der Waals surface area contributed by atoms with Crippen LogP contribution in [-0.4, -0.2) is 9.38 Å². The summed E-state index contributed by atoms with van der Waals surface area (Å²) in [6, 6.07) is 4.41. The van der Waals surface area contributed by atoms with Crippen molar-refractivity contribution in [3.05, 3.63) is 36.3 Å². The highest BCUT2D eigenvalue weighted by atomic mass is 15.0. The van der Waals surface area contributed by atoms with E-state index >= 15 is 0 Å². The van der Waals surface area contributed by atoms with E-state index in [2.05, 4.69) is 34.6 Å². The molecule has 0 aliphatic heterocycles. The summed E-state index contributed by atoms with van der Waals surface area (Å²) in [5.41, 5.74) is 2.95. The Hall–Kier alpha value is -1.31. The molecule has 2 heterocycles. The summed E-state index contributed by atoms with van der Waals surface area (Å²) in [7, 11) is 0. The third kappa shape index (κ3) is 0.981. The second-order valence-electron chi connectivity index (χ2n) is 4.17. The van der Waals surface area contributed by atoms with E-state index in [9.17, 15) is 0 Å². The molecule has 2 heteroatoms. The van der Waals surface area contributed by atoms with Crippen LogP contribution in [0.2, 0.25) is 0 Å². The van der Waals surface area contributed by atoms with Gasteiger partial charge in [-0.3, -0.25) is 0 Å². The van der Waals surface area contributed by atoms with Crippen molar-refractivity contribution in [2.24, 2.45) is 0 Å². The molecule has 2 aromatic heterocycles. The lowest BCUT2D eigenvalue weighted by Crippen LogP contribution is -2.00. The van der Waals surface area contributed by atoms with Crippen molar-refractivity contribution in [2.45, 2.75) is 25.2 Å². The highest BCUT2D eigenvalue weighted by molar-refractivity contribution is 5.45. The molecule has 1 fully saturated rings. The van der Waals surface area contributed by atoms with E-state index in [1.54, 1.807) is 0 Å². The average molecular weight is 172 g/mol. The van der Waals surface area contributed by atoms with Crippen molar-refractivity contribution < 1.29 is 0 Å². The first-order valence-electron chi connectivity index (χ1n) is 4.71. The molecule has 1 aliphatic rings. The quantitative estimate of drug-likeness (QED) is 0.645. The van der Waals surface area contributed by atoms with Gasteiger partial charge in [-0.05, 0) is 36.0 Å². The van der Waals surface area contributed by atoms with Crippen LogP contribution in [0.3, 0.4) is 0 Å². The minimum atomic E-state index is 0.452. The minimum absolute atomic E-state index is 0.452. The zero-order chi connectivity index (χ0) is 8.89. The summed E-state index contributed by atoms with van der Waals surface area (Å²) in [5.74, 6) is 0. The molecule has 0 N–H and O–H groups in total. The number of imidazole rings is 1. The lowest BCUT2D eigenvalue weighted by atomic mass is 10.00. The van der Waals surface area contributed by atoms with Gasteiger partial charge in [0.15, 0.2) is 0 Å². The Morgan fingerprint density at radius 3 is 3.00 bits per heavy atom. The van der Waals surface area contributed by atoms with E-state index in [0.29, 0.717) is 5.41 Å². The maximum absolute atomic E-state index is 4.28. The van der Waals surface area contributed by atoms with Gasteiger partial charge in [-0.1, -0.05) is 6.92 Å². The van der Waals surface area contributed by atoms with Crippen molar-refractivity contribution in [2.75, 3.05) is 0 Å². The number of fused-ring (bicyclic) bond motifs is 1. The van der Waals surface area contributed by atoms with Gasteiger partial charge in [0.1, 0.15) is 5.65 Å². The summed E-state index contributed by atoms with van der Waals surface area (Å²) >= 11 is 0. The van der Waals surface area contributed by atoms with Crippen molar-refractivity contribution in [1.82, 2.24) is 9.38 Å². The molecule has 0 aromatic carbocycles. The number of nitrogens with zero attached hydrogens (tertiary/aromatic N) is 2. The Bertz CT molecular complexity index is 452. The van der Waals surface area contributed by atoms with Gasteiger partial charge >= 0.3 is 0 Å². The molecule has 3 rings (SSSR count). The first-order valence-corrected chi connectivity index (χ1v) is 4.71. The fourth-order valence-corrected chi connectivity index (χ4v) is 1.76. The van der Waals surface area contributed by atoms with Crippen LogP contribution in [0.25, 0.3) is 5.65 Å². The average Bonchev–Trinajstić information content (AvgIpc) is 2.74. The number of pyridine rings is 1. The molecular formula is C11H12N2. The predicted octanol–water partition coefficient (Wildman–Crippen LogP) is 2.39. The Morgan fingerprint density at radius 1 is 1.38 bits per heavy atom. The van der Waals surface area contributed by atoms with Crippen molar-refractivity contribution >= 4 is 5.65 Å². The molecule has 0 atom stereocenters. The fourth-order valence-electron chi connectivity index (χ4n) is 1.76. The molecule has 1 aliphatic carbocycles.